The van der Waals surface area contributed by atoms with Crippen molar-refractivity contribution in [1.29, 1.82) is 0 Å². The second-order valence-electron chi connectivity index (χ2n) is 5.71. The van der Waals surface area contributed by atoms with E-state index in [0.29, 0.717) is 5.92 Å². The molecular formula is C15H21IN2O3S. The molecule has 1 fully saturated rings. The number of hydrogen-bond donors (Lipinski definition) is 2. The Hall–Kier alpha value is -0.670. The van der Waals surface area contributed by atoms with Crippen LogP contribution in [0.25, 0.3) is 0 Å². The topological polar surface area (TPSA) is 75.3 Å². The molecular weight excluding hydrogens is 415 g/mol. The Balaban J connectivity index is 1.88. The van der Waals surface area contributed by atoms with E-state index in [2.05, 4.69) is 39.6 Å². The zero-order valence-corrected chi connectivity index (χ0v) is 15.5. The molecule has 5 nitrogen and oxygen atoms in total. The van der Waals surface area contributed by atoms with Crippen LogP contribution in [0.1, 0.15) is 32.6 Å². The molecule has 22 heavy (non-hydrogen) atoms. The van der Waals surface area contributed by atoms with Crippen molar-refractivity contribution in [2.45, 2.75) is 43.5 Å². The first-order chi connectivity index (χ1) is 10.4. The van der Waals surface area contributed by atoms with Gasteiger partial charge >= 0.3 is 0 Å². The monoisotopic (exact) mass is 436 g/mol. The summed E-state index contributed by atoms with van der Waals surface area (Å²) in [6.07, 6.45) is 4.40. The highest BCUT2D eigenvalue weighted by atomic mass is 127. The number of amides is 1. The Morgan fingerprint density at radius 1 is 1.23 bits per heavy atom. The van der Waals surface area contributed by atoms with Gasteiger partial charge in [-0.1, -0.05) is 19.8 Å². The minimum atomic E-state index is -3.64. The highest BCUT2D eigenvalue weighted by molar-refractivity contribution is 14.1. The molecule has 122 valence electrons. The van der Waals surface area contributed by atoms with Gasteiger partial charge in [-0.2, -0.15) is 0 Å². The Bertz CT molecular complexity index is 616. The SMILES string of the molecule is C[C@@H]1CCCC[C@H]1NC(=O)CNS(=O)(=O)c1ccc(I)cc1. The molecule has 7 heteroatoms. The highest BCUT2D eigenvalue weighted by Crippen LogP contribution is 2.23. The number of carbonyl (C=O) groups excluding carboxylic acids is 1. The molecule has 2 rings (SSSR count). The molecule has 0 radical (unpaired) electrons. The standard InChI is InChI=1S/C15H21IN2O3S/c1-11-4-2-3-5-14(11)18-15(19)10-17-22(20,21)13-8-6-12(16)7-9-13/h6-9,11,14,17H,2-5,10H2,1H3,(H,18,19)/t11-,14-/m1/s1. The van der Waals surface area contributed by atoms with E-state index in [0.717, 1.165) is 22.8 Å². The minimum Gasteiger partial charge on any atom is -0.352 e. The van der Waals surface area contributed by atoms with Crippen molar-refractivity contribution in [3.8, 4) is 0 Å². The molecule has 2 N–H and O–H groups in total. The number of nitrogens with one attached hydrogen (secondary N) is 2. The third-order valence-corrected chi connectivity index (χ3v) is 6.14. The van der Waals surface area contributed by atoms with Crippen LogP contribution in [0.4, 0.5) is 0 Å². The van der Waals surface area contributed by atoms with Gasteiger partial charge in [-0.15, -0.1) is 0 Å². The summed E-state index contributed by atoms with van der Waals surface area (Å²) < 4.78 is 27.5. The molecule has 1 aliphatic rings. The van der Waals surface area contributed by atoms with Gasteiger partial charge in [0.2, 0.25) is 15.9 Å². The summed E-state index contributed by atoms with van der Waals surface area (Å²) in [5.41, 5.74) is 0. The zero-order valence-electron chi connectivity index (χ0n) is 12.5. The minimum absolute atomic E-state index is 0.157. The molecule has 0 spiro atoms. The van der Waals surface area contributed by atoms with E-state index < -0.39 is 10.0 Å². The van der Waals surface area contributed by atoms with Crippen molar-refractivity contribution in [3.05, 3.63) is 27.8 Å². The summed E-state index contributed by atoms with van der Waals surface area (Å²) in [4.78, 5) is 12.1. The van der Waals surface area contributed by atoms with E-state index in [9.17, 15) is 13.2 Å². The molecule has 0 aliphatic heterocycles. The molecule has 0 aromatic heterocycles. The molecule has 0 heterocycles. The number of sulfonamides is 1. The van der Waals surface area contributed by atoms with Crippen molar-refractivity contribution in [3.63, 3.8) is 0 Å². The van der Waals surface area contributed by atoms with E-state index in [1.165, 1.54) is 18.6 Å². The van der Waals surface area contributed by atoms with Crippen molar-refractivity contribution in [2.24, 2.45) is 5.92 Å². The summed E-state index contributed by atoms with van der Waals surface area (Å²) in [6, 6.07) is 6.66. The maximum atomic E-state index is 12.1. The van der Waals surface area contributed by atoms with Crippen LogP contribution in [-0.4, -0.2) is 26.9 Å². The van der Waals surface area contributed by atoms with Gasteiger partial charge in [-0.25, -0.2) is 13.1 Å². The summed E-state index contributed by atoms with van der Waals surface area (Å²) in [7, 11) is -3.64. The van der Waals surface area contributed by atoms with E-state index in [4.69, 9.17) is 0 Å². The van der Waals surface area contributed by atoms with Crippen LogP contribution in [0.3, 0.4) is 0 Å². The third kappa shape index (κ3) is 4.92. The molecule has 0 bridgehead atoms. The lowest BCUT2D eigenvalue weighted by atomic mass is 9.86. The van der Waals surface area contributed by atoms with Gasteiger partial charge in [0.15, 0.2) is 0 Å². The quantitative estimate of drug-likeness (QED) is 0.696. The van der Waals surface area contributed by atoms with Gasteiger partial charge < -0.3 is 5.32 Å². The Morgan fingerprint density at radius 3 is 2.50 bits per heavy atom. The van der Waals surface area contributed by atoms with Gasteiger partial charge in [-0.05, 0) is 65.6 Å². The van der Waals surface area contributed by atoms with Gasteiger partial charge in [0, 0.05) is 9.61 Å². The number of rotatable bonds is 5. The van der Waals surface area contributed by atoms with Crippen molar-refractivity contribution in [1.82, 2.24) is 10.0 Å². The average Bonchev–Trinajstić information content (AvgIpc) is 2.48. The van der Waals surface area contributed by atoms with Crippen LogP contribution < -0.4 is 10.0 Å². The van der Waals surface area contributed by atoms with Gasteiger partial charge in [0.25, 0.3) is 0 Å². The first kappa shape index (κ1) is 17.7. The van der Waals surface area contributed by atoms with Crippen molar-refractivity contribution in [2.75, 3.05) is 6.54 Å². The molecule has 1 aliphatic carbocycles. The molecule has 1 aromatic carbocycles. The maximum Gasteiger partial charge on any atom is 0.241 e. The first-order valence-electron chi connectivity index (χ1n) is 7.43. The van der Waals surface area contributed by atoms with E-state index in [1.54, 1.807) is 12.1 Å². The molecule has 1 aromatic rings. The number of benzene rings is 1. The fourth-order valence-corrected chi connectivity index (χ4v) is 3.99. The molecule has 0 unspecified atom stereocenters. The van der Waals surface area contributed by atoms with Gasteiger partial charge in [0.05, 0.1) is 11.4 Å². The Morgan fingerprint density at radius 2 is 1.86 bits per heavy atom. The predicted octanol–water partition coefficient (Wildman–Crippen LogP) is 2.26. The van der Waals surface area contributed by atoms with Gasteiger partial charge in [0.1, 0.15) is 0 Å². The smallest absolute Gasteiger partial charge is 0.241 e. The lowest BCUT2D eigenvalue weighted by molar-refractivity contribution is -0.121. The summed E-state index contributed by atoms with van der Waals surface area (Å²) >= 11 is 2.11. The Kier molecular flexibility index (Phi) is 6.22. The summed E-state index contributed by atoms with van der Waals surface area (Å²) in [5, 5.41) is 2.93. The highest BCUT2D eigenvalue weighted by Gasteiger charge is 2.23. The van der Waals surface area contributed by atoms with Crippen LogP contribution in [0.5, 0.6) is 0 Å². The lowest BCUT2D eigenvalue weighted by Gasteiger charge is -2.29. The van der Waals surface area contributed by atoms with Crippen molar-refractivity contribution >= 4 is 38.5 Å². The number of carbonyl (C=O) groups is 1. The predicted molar refractivity (Wildman–Crippen MR) is 93.9 cm³/mol. The van der Waals surface area contributed by atoms with E-state index >= 15 is 0 Å². The van der Waals surface area contributed by atoms with Crippen LogP contribution >= 0.6 is 22.6 Å². The largest absolute Gasteiger partial charge is 0.352 e. The van der Waals surface area contributed by atoms with Crippen LogP contribution in [0, 0.1) is 9.49 Å². The molecule has 0 saturated heterocycles. The molecule has 2 atom stereocenters. The second-order valence-corrected chi connectivity index (χ2v) is 8.73. The lowest BCUT2D eigenvalue weighted by Crippen LogP contribution is -2.45. The first-order valence-corrected chi connectivity index (χ1v) is 9.99. The average molecular weight is 436 g/mol. The Labute approximate surface area is 145 Å². The fourth-order valence-electron chi connectivity index (χ4n) is 2.65. The summed E-state index contributed by atoms with van der Waals surface area (Å²) in [5.74, 6) is 0.179. The number of halogens is 1. The van der Waals surface area contributed by atoms with Crippen molar-refractivity contribution < 1.29 is 13.2 Å². The normalized spacial score (nSPS) is 22.3. The number of hydrogen-bond acceptors (Lipinski definition) is 3. The fraction of sp³-hybridized carbons (Fsp3) is 0.533. The zero-order chi connectivity index (χ0) is 16.2. The molecule has 1 amide bonds. The van der Waals surface area contributed by atoms with Crippen LogP contribution in [0.15, 0.2) is 29.2 Å². The van der Waals surface area contributed by atoms with E-state index in [1.807, 2.05) is 0 Å². The second kappa shape index (κ2) is 7.74. The summed E-state index contributed by atoms with van der Waals surface area (Å²) in [6.45, 7) is 1.90. The maximum absolute atomic E-state index is 12.1. The molecule has 1 saturated carbocycles. The van der Waals surface area contributed by atoms with Gasteiger partial charge in [-0.3, -0.25) is 4.79 Å². The van der Waals surface area contributed by atoms with Crippen LogP contribution in [0.2, 0.25) is 0 Å². The van der Waals surface area contributed by atoms with Crippen LogP contribution in [-0.2, 0) is 14.8 Å². The third-order valence-electron chi connectivity index (χ3n) is 4.00. The van der Waals surface area contributed by atoms with E-state index in [-0.39, 0.29) is 23.4 Å².